The van der Waals surface area contributed by atoms with Crippen molar-refractivity contribution in [2.75, 3.05) is 0 Å². The normalized spacial score (nSPS) is 11.5. The van der Waals surface area contributed by atoms with Gasteiger partial charge >= 0.3 is 0 Å². The molecule has 1 amide bonds. The van der Waals surface area contributed by atoms with Gasteiger partial charge in [-0.05, 0) is 34.5 Å². The summed E-state index contributed by atoms with van der Waals surface area (Å²) >= 11 is 0. The zero-order chi connectivity index (χ0) is 17.2. The average molecular weight is 340 g/mol. The SMILES string of the molecule is NC(=O)c1ccccc1CNS(=O)(=O)c1ccc2ccccc2c1. The van der Waals surface area contributed by atoms with Gasteiger partial charge in [0.1, 0.15) is 0 Å². The van der Waals surface area contributed by atoms with Crippen LogP contribution in [0.1, 0.15) is 15.9 Å². The molecule has 0 aliphatic rings. The second kappa shape index (κ2) is 6.43. The summed E-state index contributed by atoms with van der Waals surface area (Å²) in [7, 11) is -3.69. The van der Waals surface area contributed by atoms with Crippen LogP contribution in [0.2, 0.25) is 0 Å². The third-order valence-electron chi connectivity index (χ3n) is 3.77. The van der Waals surface area contributed by atoms with Crippen molar-refractivity contribution in [3.05, 3.63) is 77.9 Å². The fourth-order valence-electron chi connectivity index (χ4n) is 2.51. The standard InChI is InChI=1S/C18H16N2O3S/c19-18(21)17-8-4-3-7-15(17)12-20-24(22,23)16-10-9-13-5-1-2-6-14(13)11-16/h1-11,20H,12H2,(H2,19,21). The van der Waals surface area contributed by atoms with Gasteiger partial charge in [-0.25, -0.2) is 13.1 Å². The molecule has 0 atom stereocenters. The monoisotopic (exact) mass is 340 g/mol. The summed E-state index contributed by atoms with van der Waals surface area (Å²) in [5, 5.41) is 1.81. The van der Waals surface area contributed by atoms with E-state index in [9.17, 15) is 13.2 Å². The van der Waals surface area contributed by atoms with Crippen LogP contribution in [0.25, 0.3) is 10.8 Å². The van der Waals surface area contributed by atoms with Crippen molar-refractivity contribution in [1.82, 2.24) is 4.72 Å². The minimum absolute atomic E-state index is 0.00568. The highest BCUT2D eigenvalue weighted by Gasteiger charge is 2.16. The number of amides is 1. The second-order valence-electron chi connectivity index (χ2n) is 5.35. The molecule has 0 spiro atoms. The predicted octanol–water partition coefficient (Wildman–Crippen LogP) is 2.42. The summed E-state index contributed by atoms with van der Waals surface area (Å²) in [5.74, 6) is -0.587. The van der Waals surface area contributed by atoms with Gasteiger partial charge in [0.25, 0.3) is 0 Å². The van der Waals surface area contributed by atoms with E-state index in [-0.39, 0.29) is 11.4 Å². The van der Waals surface area contributed by atoms with E-state index in [4.69, 9.17) is 5.73 Å². The highest BCUT2D eigenvalue weighted by atomic mass is 32.2. The molecule has 0 radical (unpaired) electrons. The molecule has 3 aromatic carbocycles. The Bertz CT molecular complexity index is 1010. The molecule has 0 saturated carbocycles. The van der Waals surface area contributed by atoms with E-state index in [1.54, 1.807) is 42.5 Å². The van der Waals surface area contributed by atoms with Crippen LogP contribution in [-0.2, 0) is 16.6 Å². The summed E-state index contributed by atoms with van der Waals surface area (Å²) in [6, 6.07) is 19.1. The quantitative estimate of drug-likeness (QED) is 0.747. The Morgan fingerprint density at radius 2 is 1.58 bits per heavy atom. The first-order valence-corrected chi connectivity index (χ1v) is 8.82. The number of carbonyl (C=O) groups excluding carboxylic acids is 1. The lowest BCUT2D eigenvalue weighted by molar-refractivity contribution is 0.0999. The van der Waals surface area contributed by atoms with E-state index in [2.05, 4.69) is 4.72 Å². The van der Waals surface area contributed by atoms with E-state index in [0.29, 0.717) is 11.1 Å². The van der Waals surface area contributed by atoms with Crippen LogP contribution in [0.5, 0.6) is 0 Å². The van der Waals surface area contributed by atoms with Crippen molar-refractivity contribution < 1.29 is 13.2 Å². The molecule has 5 nitrogen and oxygen atoms in total. The fourth-order valence-corrected chi connectivity index (χ4v) is 3.55. The molecule has 122 valence electrons. The van der Waals surface area contributed by atoms with Crippen molar-refractivity contribution >= 4 is 26.7 Å². The van der Waals surface area contributed by atoms with Crippen LogP contribution in [0.4, 0.5) is 0 Å². The molecule has 3 N–H and O–H groups in total. The van der Waals surface area contributed by atoms with Crippen LogP contribution in [0.15, 0.2) is 71.6 Å². The Balaban J connectivity index is 1.87. The molecule has 3 aromatic rings. The van der Waals surface area contributed by atoms with Crippen molar-refractivity contribution in [1.29, 1.82) is 0 Å². The van der Waals surface area contributed by atoms with E-state index < -0.39 is 15.9 Å². The minimum atomic E-state index is -3.69. The van der Waals surface area contributed by atoms with Crippen LogP contribution in [0, 0.1) is 0 Å². The summed E-state index contributed by atoms with van der Waals surface area (Å²) in [5.41, 5.74) is 6.15. The maximum atomic E-state index is 12.5. The molecule has 0 unspecified atom stereocenters. The molecule has 0 fully saturated rings. The van der Waals surface area contributed by atoms with Gasteiger partial charge in [-0.3, -0.25) is 4.79 Å². The third-order valence-corrected chi connectivity index (χ3v) is 5.17. The number of benzene rings is 3. The first kappa shape index (κ1) is 16.2. The minimum Gasteiger partial charge on any atom is -0.366 e. The first-order chi connectivity index (χ1) is 11.5. The lowest BCUT2D eigenvalue weighted by atomic mass is 10.1. The van der Waals surface area contributed by atoms with Crippen LogP contribution in [-0.4, -0.2) is 14.3 Å². The summed E-state index contributed by atoms with van der Waals surface area (Å²) < 4.78 is 27.5. The molecule has 0 bridgehead atoms. The van der Waals surface area contributed by atoms with Gasteiger partial charge in [0.2, 0.25) is 15.9 Å². The number of hydrogen-bond acceptors (Lipinski definition) is 3. The number of hydrogen-bond donors (Lipinski definition) is 2. The number of nitrogens with one attached hydrogen (secondary N) is 1. The highest BCUT2D eigenvalue weighted by molar-refractivity contribution is 7.89. The molecule has 24 heavy (non-hydrogen) atoms. The number of carbonyl (C=O) groups is 1. The maximum Gasteiger partial charge on any atom is 0.249 e. The number of sulfonamides is 1. The molecule has 6 heteroatoms. The zero-order valence-corrected chi connectivity index (χ0v) is 13.6. The fraction of sp³-hybridized carbons (Fsp3) is 0.0556. The van der Waals surface area contributed by atoms with Gasteiger partial charge in [-0.2, -0.15) is 0 Å². The van der Waals surface area contributed by atoms with E-state index in [1.807, 2.05) is 24.3 Å². The largest absolute Gasteiger partial charge is 0.366 e. The molecular weight excluding hydrogens is 324 g/mol. The number of primary amides is 1. The molecule has 0 saturated heterocycles. The number of fused-ring (bicyclic) bond motifs is 1. The molecule has 0 aliphatic carbocycles. The lowest BCUT2D eigenvalue weighted by Gasteiger charge is -2.10. The van der Waals surface area contributed by atoms with Crippen molar-refractivity contribution in [2.45, 2.75) is 11.4 Å². The predicted molar refractivity (Wildman–Crippen MR) is 92.9 cm³/mol. The first-order valence-electron chi connectivity index (χ1n) is 7.33. The van der Waals surface area contributed by atoms with Gasteiger partial charge < -0.3 is 5.73 Å². The topological polar surface area (TPSA) is 89.3 Å². The lowest BCUT2D eigenvalue weighted by Crippen LogP contribution is -2.25. The Hall–Kier alpha value is -2.70. The molecular formula is C18H16N2O3S. The van der Waals surface area contributed by atoms with E-state index >= 15 is 0 Å². The summed E-state index contributed by atoms with van der Waals surface area (Å²) in [6.45, 7) is -0.00568. The second-order valence-corrected chi connectivity index (χ2v) is 7.12. The van der Waals surface area contributed by atoms with Crippen molar-refractivity contribution in [3.63, 3.8) is 0 Å². The van der Waals surface area contributed by atoms with Gasteiger partial charge in [0.05, 0.1) is 4.90 Å². The van der Waals surface area contributed by atoms with Crippen LogP contribution < -0.4 is 10.5 Å². The Morgan fingerprint density at radius 3 is 2.33 bits per heavy atom. The Labute approximate surface area is 140 Å². The Morgan fingerprint density at radius 1 is 0.917 bits per heavy atom. The van der Waals surface area contributed by atoms with E-state index in [0.717, 1.165) is 10.8 Å². The van der Waals surface area contributed by atoms with Crippen molar-refractivity contribution in [2.24, 2.45) is 5.73 Å². The summed E-state index contributed by atoms with van der Waals surface area (Å²) in [6.07, 6.45) is 0. The van der Waals surface area contributed by atoms with Gasteiger partial charge in [0, 0.05) is 12.1 Å². The Kier molecular flexibility index (Phi) is 4.33. The molecule has 0 aromatic heterocycles. The summed E-state index contributed by atoms with van der Waals surface area (Å²) in [4.78, 5) is 11.6. The molecule has 0 aliphatic heterocycles. The smallest absolute Gasteiger partial charge is 0.249 e. The van der Waals surface area contributed by atoms with E-state index in [1.165, 1.54) is 0 Å². The average Bonchev–Trinajstić information content (AvgIpc) is 2.59. The highest BCUT2D eigenvalue weighted by Crippen LogP contribution is 2.19. The molecule has 0 heterocycles. The van der Waals surface area contributed by atoms with Gasteiger partial charge in [-0.15, -0.1) is 0 Å². The van der Waals surface area contributed by atoms with Gasteiger partial charge in [0.15, 0.2) is 0 Å². The van der Waals surface area contributed by atoms with Crippen LogP contribution in [0.3, 0.4) is 0 Å². The van der Waals surface area contributed by atoms with Crippen LogP contribution >= 0.6 is 0 Å². The van der Waals surface area contributed by atoms with Gasteiger partial charge in [-0.1, -0.05) is 48.5 Å². The number of nitrogens with two attached hydrogens (primary N) is 1. The van der Waals surface area contributed by atoms with Crippen molar-refractivity contribution in [3.8, 4) is 0 Å². The number of rotatable bonds is 5. The third kappa shape index (κ3) is 3.29. The maximum absolute atomic E-state index is 12.5. The molecule has 3 rings (SSSR count). The zero-order valence-electron chi connectivity index (χ0n) is 12.8.